The van der Waals surface area contributed by atoms with Gasteiger partial charge in [-0.25, -0.2) is 9.50 Å². The second kappa shape index (κ2) is 7.20. The van der Waals surface area contributed by atoms with E-state index in [1.165, 1.54) is 0 Å². The van der Waals surface area contributed by atoms with Gasteiger partial charge >= 0.3 is 6.18 Å². The molecule has 0 spiro atoms. The number of aromatic nitrogens is 3. The number of alkyl halides is 3. The molecule has 0 N–H and O–H groups in total. The molecule has 0 aliphatic carbocycles. The molecular formula is C19H19F3N4OS. The van der Waals surface area contributed by atoms with Crippen LogP contribution >= 0.6 is 11.3 Å². The van der Waals surface area contributed by atoms with E-state index in [4.69, 9.17) is 0 Å². The Bertz CT molecular complexity index is 989. The summed E-state index contributed by atoms with van der Waals surface area (Å²) in [5.41, 5.74) is 1.30. The maximum atomic E-state index is 13.5. The Balaban J connectivity index is 1.51. The quantitative estimate of drug-likeness (QED) is 0.657. The molecule has 1 aliphatic rings. The van der Waals surface area contributed by atoms with Gasteiger partial charge in [-0.05, 0) is 48.2 Å². The van der Waals surface area contributed by atoms with Gasteiger partial charge in [0.15, 0.2) is 5.65 Å². The lowest BCUT2D eigenvalue weighted by Gasteiger charge is -2.32. The molecule has 0 atom stereocenters. The molecule has 1 saturated heterocycles. The average molecular weight is 408 g/mol. The van der Waals surface area contributed by atoms with Crippen LogP contribution in [0, 0.1) is 6.92 Å². The van der Waals surface area contributed by atoms with Crippen molar-refractivity contribution in [2.45, 2.75) is 38.3 Å². The number of carbonyl (C=O) groups excluding carboxylic acids is 1. The van der Waals surface area contributed by atoms with Crippen molar-refractivity contribution in [2.24, 2.45) is 0 Å². The highest BCUT2D eigenvalue weighted by atomic mass is 32.1. The first kappa shape index (κ1) is 18.9. The summed E-state index contributed by atoms with van der Waals surface area (Å²) in [6.07, 6.45) is -2.94. The van der Waals surface area contributed by atoms with Crippen molar-refractivity contribution in [2.75, 3.05) is 13.1 Å². The molecule has 0 bridgehead atoms. The first-order valence-corrected chi connectivity index (χ1v) is 9.99. The van der Waals surface area contributed by atoms with Crippen molar-refractivity contribution < 1.29 is 18.0 Å². The van der Waals surface area contributed by atoms with Gasteiger partial charge in [0.2, 0.25) is 5.91 Å². The van der Waals surface area contributed by atoms with E-state index in [1.807, 2.05) is 16.8 Å². The Morgan fingerprint density at radius 1 is 1.29 bits per heavy atom. The molecule has 1 fully saturated rings. The van der Waals surface area contributed by atoms with E-state index in [-0.39, 0.29) is 17.5 Å². The lowest BCUT2D eigenvalue weighted by Crippen LogP contribution is -2.39. The Hall–Kier alpha value is -2.42. The second-order valence-electron chi connectivity index (χ2n) is 7.08. The third kappa shape index (κ3) is 3.76. The Morgan fingerprint density at radius 3 is 2.68 bits per heavy atom. The molecular weight excluding hydrogens is 389 g/mol. The zero-order chi connectivity index (χ0) is 19.9. The number of thiophene rings is 1. The molecule has 28 heavy (non-hydrogen) atoms. The molecule has 1 aliphatic heterocycles. The van der Waals surface area contributed by atoms with Gasteiger partial charge in [0.05, 0.1) is 12.1 Å². The summed E-state index contributed by atoms with van der Waals surface area (Å²) >= 11 is 1.55. The largest absolute Gasteiger partial charge is 0.433 e. The summed E-state index contributed by atoms with van der Waals surface area (Å²) in [7, 11) is 0. The number of piperidine rings is 1. The third-order valence-electron chi connectivity index (χ3n) is 5.06. The predicted octanol–water partition coefficient (Wildman–Crippen LogP) is 4.07. The van der Waals surface area contributed by atoms with E-state index in [0.29, 0.717) is 43.7 Å². The topological polar surface area (TPSA) is 50.5 Å². The normalized spacial score (nSPS) is 16.1. The highest BCUT2D eigenvalue weighted by molar-refractivity contribution is 7.08. The Kier molecular flexibility index (Phi) is 4.86. The van der Waals surface area contributed by atoms with Crippen LogP contribution in [0.5, 0.6) is 0 Å². The van der Waals surface area contributed by atoms with Gasteiger partial charge < -0.3 is 4.90 Å². The van der Waals surface area contributed by atoms with Crippen LogP contribution in [0.1, 0.15) is 41.4 Å². The summed E-state index contributed by atoms with van der Waals surface area (Å²) in [5, 5.41) is 7.81. The fourth-order valence-corrected chi connectivity index (χ4v) is 4.29. The van der Waals surface area contributed by atoms with Crippen LogP contribution in [-0.4, -0.2) is 38.5 Å². The standard InChI is InChI=1S/C19H19F3N4OS/c1-12-8-17-23-15(10-16(19(20,21)22)26(17)24-12)14-2-5-25(6-3-14)18(27)9-13-4-7-28-11-13/h4,7-8,10-11,14H,2-3,5-6,9H2,1H3. The van der Waals surface area contributed by atoms with Gasteiger partial charge in [0, 0.05) is 30.8 Å². The van der Waals surface area contributed by atoms with Gasteiger partial charge in [-0.1, -0.05) is 0 Å². The number of aryl methyl sites for hydroxylation is 1. The van der Waals surface area contributed by atoms with E-state index < -0.39 is 11.9 Å². The van der Waals surface area contributed by atoms with Crippen LogP contribution < -0.4 is 0 Å². The van der Waals surface area contributed by atoms with Crippen LogP contribution in [0.4, 0.5) is 13.2 Å². The second-order valence-corrected chi connectivity index (χ2v) is 7.86. The molecule has 3 aromatic rings. The summed E-state index contributed by atoms with van der Waals surface area (Å²) in [4.78, 5) is 18.6. The van der Waals surface area contributed by atoms with Crippen molar-refractivity contribution in [3.8, 4) is 0 Å². The molecule has 1 amide bonds. The lowest BCUT2D eigenvalue weighted by atomic mass is 9.92. The van der Waals surface area contributed by atoms with Gasteiger partial charge in [0.25, 0.3) is 0 Å². The molecule has 5 nitrogen and oxygen atoms in total. The summed E-state index contributed by atoms with van der Waals surface area (Å²) in [6, 6.07) is 4.59. The van der Waals surface area contributed by atoms with Crippen LogP contribution in [0.2, 0.25) is 0 Å². The SMILES string of the molecule is Cc1cc2nc(C3CCN(C(=O)Cc4ccsc4)CC3)cc(C(F)(F)F)n2n1. The van der Waals surface area contributed by atoms with E-state index in [1.54, 1.807) is 29.2 Å². The van der Waals surface area contributed by atoms with Crippen molar-refractivity contribution >= 4 is 22.9 Å². The molecule has 148 valence electrons. The zero-order valence-electron chi connectivity index (χ0n) is 15.2. The number of rotatable bonds is 3. The molecule has 4 heterocycles. The van der Waals surface area contributed by atoms with E-state index >= 15 is 0 Å². The van der Waals surface area contributed by atoms with Gasteiger partial charge in [-0.15, -0.1) is 0 Å². The zero-order valence-corrected chi connectivity index (χ0v) is 16.1. The first-order valence-electron chi connectivity index (χ1n) is 9.04. The van der Waals surface area contributed by atoms with Crippen molar-refractivity contribution in [1.29, 1.82) is 0 Å². The fourth-order valence-electron chi connectivity index (χ4n) is 3.62. The minimum absolute atomic E-state index is 0.0580. The molecule has 0 radical (unpaired) electrons. The average Bonchev–Trinajstić information content (AvgIpc) is 3.28. The minimum atomic E-state index is -4.51. The van der Waals surface area contributed by atoms with Gasteiger partial charge in [0.1, 0.15) is 5.69 Å². The summed E-state index contributed by atoms with van der Waals surface area (Å²) in [5.74, 6) is -0.0471. The van der Waals surface area contributed by atoms with Crippen LogP contribution in [0.3, 0.4) is 0 Å². The highest BCUT2D eigenvalue weighted by Crippen LogP contribution is 2.34. The number of likely N-dealkylation sites (tertiary alicyclic amines) is 1. The van der Waals surface area contributed by atoms with Crippen molar-refractivity contribution in [3.63, 3.8) is 0 Å². The minimum Gasteiger partial charge on any atom is -0.342 e. The lowest BCUT2D eigenvalue weighted by molar-refractivity contribution is -0.142. The summed E-state index contributed by atoms with van der Waals surface area (Å²) in [6.45, 7) is 2.70. The van der Waals surface area contributed by atoms with Crippen LogP contribution in [-0.2, 0) is 17.4 Å². The van der Waals surface area contributed by atoms with Gasteiger partial charge in [-0.2, -0.15) is 29.6 Å². The molecule has 9 heteroatoms. The highest BCUT2D eigenvalue weighted by Gasteiger charge is 2.36. The predicted molar refractivity (Wildman–Crippen MR) is 99.3 cm³/mol. The van der Waals surface area contributed by atoms with E-state index in [9.17, 15) is 18.0 Å². The number of hydrogen-bond acceptors (Lipinski definition) is 4. The van der Waals surface area contributed by atoms with Crippen LogP contribution in [0.25, 0.3) is 5.65 Å². The number of carbonyl (C=O) groups is 1. The molecule has 0 aromatic carbocycles. The van der Waals surface area contributed by atoms with E-state index in [0.717, 1.165) is 16.1 Å². The molecule has 0 saturated carbocycles. The smallest absolute Gasteiger partial charge is 0.342 e. The molecule has 0 unspecified atom stereocenters. The number of hydrogen-bond donors (Lipinski definition) is 0. The monoisotopic (exact) mass is 408 g/mol. The Morgan fingerprint density at radius 2 is 2.04 bits per heavy atom. The number of nitrogens with zero attached hydrogens (tertiary/aromatic N) is 4. The van der Waals surface area contributed by atoms with Crippen molar-refractivity contribution in [3.05, 3.63) is 51.6 Å². The Labute approximate surface area is 163 Å². The number of fused-ring (bicyclic) bond motifs is 1. The fraction of sp³-hybridized carbons (Fsp3) is 0.421. The molecule has 3 aromatic heterocycles. The van der Waals surface area contributed by atoms with Gasteiger partial charge in [-0.3, -0.25) is 4.79 Å². The van der Waals surface area contributed by atoms with Crippen LogP contribution in [0.15, 0.2) is 29.0 Å². The maximum Gasteiger partial charge on any atom is 0.433 e. The van der Waals surface area contributed by atoms with E-state index in [2.05, 4.69) is 10.1 Å². The van der Waals surface area contributed by atoms with Crippen molar-refractivity contribution in [1.82, 2.24) is 19.5 Å². The number of halogens is 3. The maximum absolute atomic E-state index is 13.5. The molecule has 4 rings (SSSR count). The summed E-state index contributed by atoms with van der Waals surface area (Å²) < 4.78 is 41.3. The number of amides is 1. The third-order valence-corrected chi connectivity index (χ3v) is 5.79. The first-order chi connectivity index (χ1) is 13.3.